The Morgan fingerprint density at radius 3 is 2.79 bits per heavy atom. The molecule has 1 saturated heterocycles. The summed E-state index contributed by atoms with van der Waals surface area (Å²) in [5.41, 5.74) is 0.574. The van der Waals surface area contributed by atoms with Crippen molar-refractivity contribution in [2.75, 3.05) is 18.0 Å². The van der Waals surface area contributed by atoms with Gasteiger partial charge in [-0.15, -0.1) is 0 Å². The average Bonchev–Trinajstić information content (AvgIpc) is 2.63. The fraction of sp³-hybridized carbons (Fsp3) is 0.421. The molecular weight excluding hydrogens is 302 g/mol. The zero-order chi connectivity index (χ0) is 16.8. The summed E-state index contributed by atoms with van der Waals surface area (Å²) in [6.45, 7) is 1.35. The molecule has 1 N–H and O–H groups in total. The van der Waals surface area contributed by atoms with Gasteiger partial charge in [-0.05, 0) is 37.7 Å². The van der Waals surface area contributed by atoms with E-state index in [0.29, 0.717) is 13.0 Å². The predicted octanol–water partition coefficient (Wildman–Crippen LogP) is 3.17. The van der Waals surface area contributed by atoms with E-state index >= 15 is 0 Å². The molecule has 2 heterocycles. The Kier molecular flexibility index (Phi) is 5.08. The predicted molar refractivity (Wildman–Crippen MR) is 92.9 cm³/mol. The van der Waals surface area contributed by atoms with Crippen LogP contribution in [0.2, 0.25) is 0 Å². The summed E-state index contributed by atoms with van der Waals surface area (Å²) in [5.74, 6) is 0.0787. The molecule has 1 unspecified atom stereocenters. The van der Waals surface area contributed by atoms with E-state index in [0.717, 1.165) is 38.0 Å². The molecule has 1 aliphatic heterocycles. The van der Waals surface area contributed by atoms with Crippen LogP contribution < -0.4 is 4.90 Å². The number of aryl methyl sites for hydroxylation is 1. The Morgan fingerprint density at radius 1 is 1.25 bits per heavy atom. The van der Waals surface area contributed by atoms with Gasteiger partial charge >= 0.3 is 5.97 Å². The van der Waals surface area contributed by atoms with Crippen molar-refractivity contribution in [3.63, 3.8) is 0 Å². The van der Waals surface area contributed by atoms with Gasteiger partial charge in [-0.1, -0.05) is 30.3 Å². The van der Waals surface area contributed by atoms with Crippen molar-refractivity contribution < 1.29 is 9.90 Å². The van der Waals surface area contributed by atoms with Crippen LogP contribution in [-0.4, -0.2) is 34.1 Å². The molecule has 0 spiro atoms. The minimum atomic E-state index is -0.691. The molecule has 0 amide bonds. The number of piperidine rings is 1. The standard InChI is InChI=1S/C19H23N3O2/c23-18(24)19(9-4-8-16-6-2-1-3-7-16)10-5-13-22(15-19)17-14-20-11-12-21-17/h1-3,6-7,11-12,14H,4-5,8-10,13,15H2,(H,23,24). The molecule has 1 aromatic carbocycles. The van der Waals surface area contributed by atoms with Crippen LogP contribution >= 0.6 is 0 Å². The van der Waals surface area contributed by atoms with Gasteiger partial charge in [0.15, 0.2) is 0 Å². The molecule has 2 aromatic rings. The average molecular weight is 325 g/mol. The van der Waals surface area contributed by atoms with Crippen molar-refractivity contribution in [1.82, 2.24) is 9.97 Å². The summed E-state index contributed by atoms with van der Waals surface area (Å²) in [5, 5.41) is 9.89. The zero-order valence-corrected chi connectivity index (χ0v) is 13.8. The number of hydrogen-bond donors (Lipinski definition) is 1. The minimum absolute atomic E-state index is 0.510. The summed E-state index contributed by atoms with van der Waals surface area (Å²) < 4.78 is 0. The third-order valence-corrected chi connectivity index (χ3v) is 4.87. The van der Waals surface area contributed by atoms with Crippen molar-refractivity contribution in [3.05, 3.63) is 54.5 Å². The first-order valence-corrected chi connectivity index (χ1v) is 8.48. The van der Waals surface area contributed by atoms with Crippen molar-refractivity contribution in [2.24, 2.45) is 5.41 Å². The van der Waals surface area contributed by atoms with E-state index in [1.807, 2.05) is 18.2 Å². The van der Waals surface area contributed by atoms with Crippen LogP contribution in [0.5, 0.6) is 0 Å². The lowest BCUT2D eigenvalue weighted by molar-refractivity contribution is -0.150. The lowest BCUT2D eigenvalue weighted by Gasteiger charge is -2.40. The Hall–Kier alpha value is -2.43. The first kappa shape index (κ1) is 16.4. The highest BCUT2D eigenvalue weighted by Crippen LogP contribution is 2.36. The van der Waals surface area contributed by atoms with Gasteiger partial charge in [-0.3, -0.25) is 9.78 Å². The fourth-order valence-electron chi connectivity index (χ4n) is 3.54. The molecule has 5 nitrogen and oxygen atoms in total. The molecule has 5 heteroatoms. The maximum Gasteiger partial charge on any atom is 0.311 e. The second-order valence-electron chi connectivity index (χ2n) is 6.51. The smallest absolute Gasteiger partial charge is 0.311 e. The molecule has 24 heavy (non-hydrogen) atoms. The first-order chi connectivity index (χ1) is 11.7. The molecule has 126 valence electrons. The fourth-order valence-corrected chi connectivity index (χ4v) is 3.54. The summed E-state index contributed by atoms with van der Waals surface area (Å²) in [6.07, 6.45) is 9.09. The quantitative estimate of drug-likeness (QED) is 0.883. The van der Waals surface area contributed by atoms with Crippen molar-refractivity contribution >= 4 is 11.8 Å². The number of nitrogens with zero attached hydrogens (tertiary/aromatic N) is 3. The second kappa shape index (κ2) is 7.43. The summed E-state index contributed by atoms with van der Waals surface area (Å²) in [7, 11) is 0. The third-order valence-electron chi connectivity index (χ3n) is 4.87. The molecule has 1 fully saturated rings. The topological polar surface area (TPSA) is 66.3 Å². The normalized spacial score (nSPS) is 20.8. The number of aromatic nitrogens is 2. The number of rotatable bonds is 6. The maximum absolute atomic E-state index is 12.0. The Labute approximate surface area is 142 Å². The number of hydrogen-bond acceptors (Lipinski definition) is 4. The van der Waals surface area contributed by atoms with Gasteiger partial charge in [0, 0.05) is 25.5 Å². The SMILES string of the molecule is O=C(O)C1(CCCc2ccccc2)CCCN(c2cnccn2)C1. The molecule has 1 aromatic heterocycles. The lowest BCUT2D eigenvalue weighted by Crippen LogP contribution is -2.48. The first-order valence-electron chi connectivity index (χ1n) is 8.48. The maximum atomic E-state index is 12.0. The molecule has 1 atom stereocenters. The van der Waals surface area contributed by atoms with Gasteiger partial charge in [0.1, 0.15) is 5.82 Å². The largest absolute Gasteiger partial charge is 0.481 e. The van der Waals surface area contributed by atoms with E-state index in [-0.39, 0.29) is 0 Å². The van der Waals surface area contributed by atoms with Gasteiger partial charge < -0.3 is 10.0 Å². The molecular formula is C19H23N3O2. The highest BCUT2D eigenvalue weighted by Gasteiger charge is 2.42. The molecule has 0 radical (unpaired) electrons. The minimum Gasteiger partial charge on any atom is -0.481 e. The highest BCUT2D eigenvalue weighted by molar-refractivity contribution is 5.76. The number of anilines is 1. The molecule has 0 saturated carbocycles. The number of aliphatic carboxylic acids is 1. The molecule has 3 rings (SSSR count). The van der Waals surface area contributed by atoms with Crippen LogP contribution in [0, 0.1) is 5.41 Å². The summed E-state index contributed by atoms with van der Waals surface area (Å²) >= 11 is 0. The van der Waals surface area contributed by atoms with Crippen LogP contribution in [0.3, 0.4) is 0 Å². The van der Waals surface area contributed by atoms with Crippen LogP contribution in [0.25, 0.3) is 0 Å². The van der Waals surface area contributed by atoms with Gasteiger partial charge in [-0.2, -0.15) is 0 Å². The van der Waals surface area contributed by atoms with E-state index in [1.165, 1.54) is 5.56 Å². The van der Waals surface area contributed by atoms with Crippen LogP contribution in [0.15, 0.2) is 48.9 Å². The van der Waals surface area contributed by atoms with Gasteiger partial charge in [0.05, 0.1) is 11.6 Å². The van der Waals surface area contributed by atoms with Crippen LogP contribution in [0.4, 0.5) is 5.82 Å². The summed E-state index contributed by atoms with van der Waals surface area (Å²) in [6, 6.07) is 10.2. The number of benzene rings is 1. The molecule has 1 aliphatic rings. The van der Waals surface area contributed by atoms with Crippen molar-refractivity contribution in [1.29, 1.82) is 0 Å². The third kappa shape index (κ3) is 3.72. The van der Waals surface area contributed by atoms with Gasteiger partial charge in [0.2, 0.25) is 0 Å². The number of carboxylic acid groups (broad SMARTS) is 1. The van der Waals surface area contributed by atoms with E-state index < -0.39 is 11.4 Å². The highest BCUT2D eigenvalue weighted by atomic mass is 16.4. The van der Waals surface area contributed by atoms with Crippen molar-refractivity contribution in [2.45, 2.75) is 32.1 Å². The Balaban J connectivity index is 1.67. The van der Waals surface area contributed by atoms with Crippen LogP contribution in [-0.2, 0) is 11.2 Å². The Bertz CT molecular complexity index is 663. The number of carboxylic acids is 1. The lowest BCUT2D eigenvalue weighted by atomic mass is 9.75. The zero-order valence-electron chi connectivity index (χ0n) is 13.8. The van der Waals surface area contributed by atoms with Gasteiger partial charge in [-0.25, -0.2) is 4.98 Å². The monoisotopic (exact) mass is 325 g/mol. The van der Waals surface area contributed by atoms with Gasteiger partial charge in [0.25, 0.3) is 0 Å². The second-order valence-corrected chi connectivity index (χ2v) is 6.51. The van der Waals surface area contributed by atoms with E-state index in [2.05, 4.69) is 27.0 Å². The molecule has 0 bridgehead atoms. The van der Waals surface area contributed by atoms with E-state index in [1.54, 1.807) is 18.6 Å². The number of carbonyl (C=O) groups is 1. The van der Waals surface area contributed by atoms with E-state index in [9.17, 15) is 9.90 Å². The van der Waals surface area contributed by atoms with Crippen LogP contribution in [0.1, 0.15) is 31.2 Å². The Morgan fingerprint density at radius 2 is 2.08 bits per heavy atom. The van der Waals surface area contributed by atoms with E-state index in [4.69, 9.17) is 0 Å². The molecule has 0 aliphatic carbocycles. The summed E-state index contributed by atoms with van der Waals surface area (Å²) in [4.78, 5) is 22.5. The van der Waals surface area contributed by atoms with Crippen molar-refractivity contribution in [3.8, 4) is 0 Å².